The van der Waals surface area contributed by atoms with Gasteiger partial charge in [-0.3, -0.25) is 0 Å². The summed E-state index contributed by atoms with van der Waals surface area (Å²) in [6.07, 6.45) is 1.30. The standard InChI is InChI=1S/C11H14.C5H8FN5/c1-8-3-4-10-6-9(2)7-11(10)5-8;1-2(6)3-9-4(7)11-5(8)10-3/h3-5,9H,6-7H2,1-2H3;2H,1H3,(H4,7,8,9,10,11). The molecule has 1 aromatic heterocycles. The van der Waals surface area contributed by atoms with Gasteiger partial charge in [-0.15, -0.1) is 0 Å². The lowest BCUT2D eigenvalue weighted by atomic mass is 10.1. The molecule has 0 spiro atoms. The number of anilines is 2. The van der Waals surface area contributed by atoms with E-state index in [1.807, 2.05) is 0 Å². The fourth-order valence-corrected chi connectivity index (χ4v) is 2.57. The summed E-state index contributed by atoms with van der Waals surface area (Å²) in [7, 11) is 0. The molecular weight excluding hydrogens is 281 g/mol. The highest BCUT2D eigenvalue weighted by Crippen LogP contribution is 2.26. The molecule has 118 valence electrons. The Balaban J connectivity index is 0.000000160. The lowest BCUT2D eigenvalue weighted by Crippen LogP contribution is -2.07. The molecule has 0 saturated carbocycles. The number of hydrogen-bond acceptors (Lipinski definition) is 5. The van der Waals surface area contributed by atoms with Crippen LogP contribution in [0.5, 0.6) is 0 Å². The van der Waals surface area contributed by atoms with E-state index in [0.717, 1.165) is 5.92 Å². The fourth-order valence-electron chi connectivity index (χ4n) is 2.57. The largest absolute Gasteiger partial charge is 0.368 e. The molecule has 0 aliphatic heterocycles. The second kappa shape index (κ2) is 6.68. The monoisotopic (exact) mass is 303 g/mol. The first-order valence-corrected chi connectivity index (χ1v) is 7.34. The molecule has 0 amide bonds. The summed E-state index contributed by atoms with van der Waals surface area (Å²) in [5.74, 6) is 0.718. The first-order chi connectivity index (χ1) is 10.3. The summed E-state index contributed by atoms with van der Waals surface area (Å²) < 4.78 is 12.5. The van der Waals surface area contributed by atoms with Gasteiger partial charge in [0, 0.05) is 0 Å². The highest BCUT2D eigenvalue weighted by molar-refractivity contribution is 5.35. The Kier molecular flexibility index (Phi) is 4.90. The maximum Gasteiger partial charge on any atom is 0.225 e. The third-order valence-corrected chi connectivity index (χ3v) is 3.54. The Bertz CT molecular complexity index is 637. The van der Waals surface area contributed by atoms with Gasteiger partial charge in [-0.1, -0.05) is 30.7 Å². The quantitative estimate of drug-likeness (QED) is 0.845. The number of aryl methyl sites for hydroxylation is 1. The Morgan fingerprint density at radius 3 is 2.27 bits per heavy atom. The fraction of sp³-hybridized carbons (Fsp3) is 0.438. The zero-order valence-corrected chi connectivity index (χ0v) is 13.2. The van der Waals surface area contributed by atoms with Gasteiger partial charge in [-0.05, 0) is 43.7 Å². The highest BCUT2D eigenvalue weighted by Gasteiger charge is 2.16. The minimum atomic E-state index is -1.28. The molecule has 5 nitrogen and oxygen atoms in total. The van der Waals surface area contributed by atoms with E-state index >= 15 is 0 Å². The van der Waals surface area contributed by atoms with Gasteiger partial charge in [0.25, 0.3) is 0 Å². The minimum absolute atomic E-state index is 0.0324. The Morgan fingerprint density at radius 2 is 1.68 bits per heavy atom. The second-order valence-corrected chi connectivity index (χ2v) is 5.81. The van der Waals surface area contributed by atoms with E-state index in [4.69, 9.17) is 11.5 Å². The summed E-state index contributed by atoms with van der Waals surface area (Å²) in [6, 6.07) is 6.84. The lowest BCUT2D eigenvalue weighted by molar-refractivity contribution is 0.356. The number of nitrogen functional groups attached to an aromatic ring is 2. The third-order valence-electron chi connectivity index (χ3n) is 3.54. The van der Waals surface area contributed by atoms with Gasteiger partial charge in [0.1, 0.15) is 0 Å². The molecule has 0 fully saturated rings. The maximum absolute atomic E-state index is 12.5. The van der Waals surface area contributed by atoms with Crippen LogP contribution in [-0.2, 0) is 12.8 Å². The zero-order chi connectivity index (χ0) is 16.3. The van der Waals surface area contributed by atoms with Crippen LogP contribution < -0.4 is 11.5 Å². The molecule has 2 aromatic rings. The molecule has 3 rings (SSSR count). The first kappa shape index (κ1) is 16.1. The van der Waals surface area contributed by atoms with Gasteiger partial charge in [-0.25, -0.2) is 4.39 Å². The molecule has 2 unspecified atom stereocenters. The summed E-state index contributed by atoms with van der Waals surface area (Å²) in [6.45, 7) is 5.80. The van der Waals surface area contributed by atoms with Crippen molar-refractivity contribution in [2.45, 2.75) is 39.8 Å². The van der Waals surface area contributed by atoms with Crippen LogP contribution in [0.3, 0.4) is 0 Å². The molecule has 4 N–H and O–H groups in total. The second-order valence-electron chi connectivity index (χ2n) is 5.81. The van der Waals surface area contributed by atoms with Gasteiger partial charge in [0.2, 0.25) is 11.9 Å². The topological polar surface area (TPSA) is 90.7 Å². The van der Waals surface area contributed by atoms with Crippen molar-refractivity contribution in [2.24, 2.45) is 5.92 Å². The van der Waals surface area contributed by atoms with E-state index in [1.165, 1.54) is 25.3 Å². The van der Waals surface area contributed by atoms with Crippen LogP contribution in [0.4, 0.5) is 16.3 Å². The summed E-state index contributed by atoms with van der Waals surface area (Å²) in [5.41, 5.74) is 14.9. The van der Waals surface area contributed by atoms with E-state index < -0.39 is 6.17 Å². The number of nitrogens with two attached hydrogens (primary N) is 2. The molecule has 1 aliphatic carbocycles. The highest BCUT2D eigenvalue weighted by atomic mass is 19.1. The number of halogens is 1. The summed E-state index contributed by atoms with van der Waals surface area (Å²) in [5, 5.41) is 0. The molecule has 0 bridgehead atoms. The van der Waals surface area contributed by atoms with Gasteiger partial charge in [-0.2, -0.15) is 15.0 Å². The van der Waals surface area contributed by atoms with E-state index in [0.29, 0.717) is 0 Å². The SMILES string of the molecule is CC(F)c1nc(N)nc(N)n1.Cc1ccc2c(c1)CC(C)C2. The van der Waals surface area contributed by atoms with Gasteiger partial charge < -0.3 is 11.5 Å². The Labute approximate surface area is 130 Å². The van der Waals surface area contributed by atoms with Gasteiger partial charge >= 0.3 is 0 Å². The smallest absolute Gasteiger partial charge is 0.225 e. The van der Waals surface area contributed by atoms with Crippen LogP contribution in [0.1, 0.15) is 42.5 Å². The molecule has 1 heterocycles. The summed E-state index contributed by atoms with van der Waals surface area (Å²) in [4.78, 5) is 10.6. The number of benzene rings is 1. The van der Waals surface area contributed by atoms with Crippen molar-refractivity contribution in [1.29, 1.82) is 0 Å². The van der Waals surface area contributed by atoms with E-state index in [-0.39, 0.29) is 17.7 Å². The number of nitrogens with zero attached hydrogens (tertiary/aromatic N) is 3. The number of rotatable bonds is 1. The molecule has 6 heteroatoms. The zero-order valence-electron chi connectivity index (χ0n) is 13.2. The molecule has 22 heavy (non-hydrogen) atoms. The molecule has 0 saturated heterocycles. The van der Waals surface area contributed by atoms with Crippen LogP contribution in [0.2, 0.25) is 0 Å². The third kappa shape index (κ3) is 4.13. The number of alkyl halides is 1. The van der Waals surface area contributed by atoms with Crippen LogP contribution in [0.25, 0.3) is 0 Å². The van der Waals surface area contributed by atoms with Crippen molar-refractivity contribution in [1.82, 2.24) is 15.0 Å². The van der Waals surface area contributed by atoms with Crippen molar-refractivity contribution >= 4 is 11.9 Å². The summed E-state index contributed by atoms with van der Waals surface area (Å²) >= 11 is 0. The number of hydrogen-bond donors (Lipinski definition) is 2. The van der Waals surface area contributed by atoms with Crippen molar-refractivity contribution in [3.63, 3.8) is 0 Å². The lowest BCUT2D eigenvalue weighted by Gasteiger charge is -2.00. The van der Waals surface area contributed by atoms with Crippen LogP contribution >= 0.6 is 0 Å². The molecular formula is C16H22FN5. The van der Waals surface area contributed by atoms with Gasteiger partial charge in [0.15, 0.2) is 12.0 Å². The Hall–Kier alpha value is -2.24. The van der Waals surface area contributed by atoms with Crippen molar-refractivity contribution in [3.05, 3.63) is 40.7 Å². The number of aromatic nitrogens is 3. The van der Waals surface area contributed by atoms with E-state index in [9.17, 15) is 4.39 Å². The van der Waals surface area contributed by atoms with Crippen molar-refractivity contribution < 1.29 is 4.39 Å². The van der Waals surface area contributed by atoms with E-state index in [2.05, 4.69) is 47.0 Å². The van der Waals surface area contributed by atoms with Crippen LogP contribution in [-0.4, -0.2) is 15.0 Å². The average Bonchev–Trinajstić information content (AvgIpc) is 2.77. The average molecular weight is 303 g/mol. The molecule has 1 aromatic carbocycles. The number of fused-ring (bicyclic) bond motifs is 1. The van der Waals surface area contributed by atoms with Crippen LogP contribution in [0, 0.1) is 12.8 Å². The molecule has 2 atom stereocenters. The van der Waals surface area contributed by atoms with Crippen molar-refractivity contribution in [3.8, 4) is 0 Å². The predicted octanol–water partition coefficient (Wildman–Crippen LogP) is 2.80. The van der Waals surface area contributed by atoms with Crippen LogP contribution in [0.15, 0.2) is 18.2 Å². The predicted molar refractivity (Wildman–Crippen MR) is 85.9 cm³/mol. The van der Waals surface area contributed by atoms with Crippen molar-refractivity contribution in [2.75, 3.05) is 11.5 Å². The normalized spacial score (nSPS) is 17.4. The Morgan fingerprint density at radius 1 is 1.09 bits per heavy atom. The molecule has 1 aliphatic rings. The molecule has 0 radical (unpaired) electrons. The first-order valence-electron chi connectivity index (χ1n) is 7.34. The maximum atomic E-state index is 12.5. The minimum Gasteiger partial charge on any atom is -0.368 e. The van der Waals surface area contributed by atoms with Gasteiger partial charge in [0.05, 0.1) is 0 Å². The van der Waals surface area contributed by atoms with E-state index in [1.54, 1.807) is 11.1 Å².